The molecule has 0 radical (unpaired) electrons. The van der Waals surface area contributed by atoms with Gasteiger partial charge in [-0.15, -0.1) is 0 Å². The minimum atomic E-state index is -1.19. The minimum Gasteiger partial charge on any atom is -0.480 e. The maximum absolute atomic E-state index is 12.0. The first kappa shape index (κ1) is 17.9. The number of carboxylic acid groups (broad SMARTS) is 1. The van der Waals surface area contributed by atoms with Crippen molar-refractivity contribution >= 4 is 23.7 Å². The van der Waals surface area contributed by atoms with Gasteiger partial charge in [0.15, 0.2) is 12.2 Å². The van der Waals surface area contributed by atoms with Crippen LogP contribution in [0.1, 0.15) is 13.8 Å². The molecule has 1 rings (SSSR count). The Morgan fingerprint density at radius 1 is 1.18 bits per heavy atom. The van der Waals surface area contributed by atoms with Gasteiger partial charge in [-0.3, -0.25) is 14.4 Å². The summed E-state index contributed by atoms with van der Waals surface area (Å²) in [6, 6.07) is -2.24. The van der Waals surface area contributed by atoms with Crippen LogP contribution in [0.3, 0.4) is 0 Å². The molecule has 3 amide bonds. The third-order valence-electron chi connectivity index (χ3n) is 3.13. The van der Waals surface area contributed by atoms with Gasteiger partial charge in [-0.2, -0.15) is 0 Å². The molecule has 1 heterocycles. The molecule has 0 spiro atoms. The average molecular weight is 316 g/mol. The van der Waals surface area contributed by atoms with Crippen molar-refractivity contribution in [2.45, 2.75) is 38.1 Å². The molecular weight excluding hydrogens is 296 g/mol. The Morgan fingerprint density at radius 3 is 2.14 bits per heavy atom. The van der Waals surface area contributed by atoms with E-state index in [1.165, 1.54) is 0 Å². The van der Waals surface area contributed by atoms with E-state index in [4.69, 9.17) is 21.3 Å². The molecule has 0 aliphatic carbocycles. The number of hydrogen-bond donors (Lipinski definition) is 5. The number of nitrogens with two attached hydrogens (primary N) is 2. The van der Waals surface area contributed by atoms with Crippen LogP contribution in [0.5, 0.6) is 0 Å². The number of carboxylic acids is 1. The Morgan fingerprint density at radius 2 is 1.77 bits per heavy atom. The molecule has 7 N–H and O–H groups in total. The number of carbonyl (C=O) groups excluding carboxylic acids is 3. The van der Waals surface area contributed by atoms with E-state index in [1.54, 1.807) is 13.8 Å². The molecule has 2 unspecified atom stereocenters. The number of hydrogen-bond acceptors (Lipinski definition) is 6. The molecule has 124 valence electrons. The lowest BCUT2D eigenvalue weighted by atomic mass is 10.0. The quantitative estimate of drug-likeness (QED) is 0.294. The molecule has 10 heteroatoms. The summed E-state index contributed by atoms with van der Waals surface area (Å²) in [5.41, 5.74) is 10.4. The van der Waals surface area contributed by atoms with Crippen molar-refractivity contribution in [2.24, 2.45) is 17.4 Å². The summed E-state index contributed by atoms with van der Waals surface area (Å²) in [5, 5.41) is 13.6. The van der Waals surface area contributed by atoms with Gasteiger partial charge >= 0.3 is 5.97 Å². The first-order valence-electron chi connectivity index (χ1n) is 6.67. The molecule has 1 saturated heterocycles. The summed E-state index contributed by atoms with van der Waals surface area (Å²) in [7, 11) is 0. The molecule has 22 heavy (non-hydrogen) atoms. The summed E-state index contributed by atoms with van der Waals surface area (Å²) < 4.78 is 4.77. The number of ether oxygens (including phenoxy) is 1. The van der Waals surface area contributed by atoms with Crippen molar-refractivity contribution in [1.82, 2.24) is 10.6 Å². The van der Waals surface area contributed by atoms with E-state index in [1.807, 2.05) is 0 Å². The molecule has 10 nitrogen and oxygen atoms in total. The number of epoxide rings is 1. The van der Waals surface area contributed by atoms with Gasteiger partial charge in [0.25, 0.3) is 5.91 Å². The van der Waals surface area contributed by atoms with Crippen LogP contribution in [0, 0.1) is 5.92 Å². The number of amides is 3. The third-order valence-corrected chi connectivity index (χ3v) is 3.13. The first-order valence-corrected chi connectivity index (χ1v) is 6.67. The van der Waals surface area contributed by atoms with Gasteiger partial charge in [0, 0.05) is 6.54 Å². The van der Waals surface area contributed by atoms with Crippen LogP contribution in [0.25, 0.3) is 0 Å². The van der Waals surface area contributed by atoms with E-state index < -0.39 is 48.0 Å². The topological polar surface area (TPSA) is 177 Å². The highest BCUT2D eigenvalue weighted by atomic mass is 16.6. The molecule has 4 atom stereocenters. The molecule has 0 aromatic rings. The molecule has 1 aliphatic rings. The number of aliphatic carboxylic acids is 1. The van der Waals surface area contributed by atoms with E-state index in [2.05, 4.69) is 10.6 Å². The standard InChI is InChI=1S/C12H20N4O6/c1-4(2)6(12(20)21)16-10(18)5(3-13)15-11(19)8-7(22-8)9(14)17/h4-8H,3,13H2,1-2H3,(H2,14,17)(H,15,19)(H,16,18)(H,20,21)/t5-,6-,7?,8?/m0/s1. The first-order chi connectivity index (χ1) is 10.2. The second-order valence-electron chi connectivity index (χ2n) is 5.25. The highest BCUT2D eigenvalue weighted by Crippen LogP contribution is 2.21. The molecule has 0 aromatic heterocycles. The average Bonchev–Trinajstić information content (AvgIpc) is 3.21. The molecule has 1 aliphatic heterocycles. The van der Waals surface area contributed by atoms with Gasteiger partial charge in [0.2, 0.25) is 11.8 Å². The van der Waals surface area contributed by atoms with Crippen molar-refractivity contribution in [2.75, 3.05) is 6.54 Å². The van der Waals surface area contributed by atoms with Crippen LogP contribution in [0.2, 0.25) is 0 Å². The highest BCUT2D eigenvalue weighted by Gasteiger charge is 2.50. The largest absolute Gasteiger partial charge is 0.480 e. The Kier molecular flexibility index (Phi) is 5.83. The van der Waals surface area contributed by atoms with Crippen LogP contribution in [0.15, 0.2) is 0 Å². The van der Waals surface area contributed by atoms with E-state index in [9.17, 15) is 19.2 Å². The van der Waals surface area contributed by atoms with Gasteiger partial charge in [0.1, 0.15) is 12.1 Å². The molecule has 0 saturated carbocycles. The zero-order chi connectivity index (χ0) is 17.0. The van der Waals surface area contributed by atoms with E-state index in [0.29, 0.717) is 0 Å². The number of nitrogens with one attached hydrogen (secondary N) is 2. The lowest BCUT2D eigenvalue weighted by Gasteiger charge is -2.22. The van der Waals surface area contributed by atoms with E-state index >= 15 is 0 Å². The number of rotatable bonds is 8. The van der Waals surface area contributed by atoms with Crippen molar-refractivity contribution < 1.29 is 29.0 Å². The molecule has 1 fully saturated rings. The Bertz CT molecular complexity index is 480. The predicted molar refractivity (Wildman–Crippen MR) is 73.2 cm³/mol. The van der Waals surface area contributed by atoms with Gasteiger partial charge < -0.3 is 31.9 Å². The maximum atomic E-state index is 12.0. The second kappa shape index (κ2) is 7.18. The van der Waals surface area contributed by atoms with Gasteiger partial charge in [-0.1, -0.05) is 13.8 Å². The summed E-state index contributed by atoms with van der Waals surface area (Å²) in [6.07, 6.45) is -2.05. The maximum Gasteiger partial charge on any atom is 0.326 e. The Labute approximate surface area is 126 Å². The van der Waals surface area contributed by atoms with Gasteiger partial charge in [-0.05, 0) is 5.92 Å². The fourth-order valence-corrected chi connectivity index (χ4v) is 1.78. The van der Waals surface area contributed by atoms with Crippen LogP contribution < -0.4 is 22.1 Å². The fourth-order valence-electron chi connectivity index (χ4n) is 1.78. The molecular formula is C12H20N4O6. The summed E-state index contributed by atoms with van der Waals surface area (Å²) in [4.78, 5) is 45.6. The van der Waals surface area contributed by atoms with Crippen LogP contribution in [0.4, 0.5) is 0 Å². The fraction of sp³-hybridized carbons (Fsp3) is 0.667. The summed E-state index contributed by atoms with van der Waals surface area (Å²) in [6.45, 7) is 3.02. The SMILES string of the molecule is CC(C)[C@H](NC(=O)[C@H](CN)NC(=O)C1OC1C(N)=O)C(=O)O. The molecule has 0 bridgehead atoms. The van der Waals surface area contributed by atoms with Crippen LogP contribution in [-0.2, 0) is 23.9 Å². The summed E-state index contributed by atoms with van der Waals surface area (Å²) >= 11 is 0. The summed E-state index contributed by atoms with van der Waals surface area (Å²) in [5.74, 6) is -3.75. The highest BCUT2D eigenvalue weighted by molar-refractivity contribution is 5.97. The van der Waals surface area contributed by atoms with Crippen molar-refractivity contribution in [3.05, 3.63) is 0 Å². The third kappa shape index (κ3) is 4.40. The predicted octanol–water partition coefficient (Wildman–Crippen LogP) is -3.09. The minimum absolute atomic E-state index is 0.240. The zero-order valence-electron chi connectivity index (χ0n) is 12.2. The van der Waals surface area contributed by atoms with Crippen LogP contribution in [-0.4, -0.2) is 59.6 Å². The van der Waals surface area contributed by atoms with Crippen molar-refractivity contribution in [1.29, 1.82) is 0 Å². The normalized spacial score (nSPS) is 22.5. The van der Waals surface area contributed by atoms with E-state index in [-0.39, 0.29) is 12.5 Å². The molecule has 0 aromatic carbocycles. The van der Waals surface area contributed by atoms with Crippen molar-refractivity contribution in [3.8, 4) is 0 Å². The van der Waals surface area contributed by atoms with Crippen molar-refractivity contribution in [3.63, 3.8) is 0 Å². The Balaban J connectivity index is 2.60. The Hall–Kier alpha value is -2.20. The van der Waals surface area contributed by atoms with Crippen LogP contribution >= 0.6 is 0 Å². The zero-order valence-corrected chi connectivity index (χ0v) is 12.2. The van der Waals surface area contributed by atoms with Gasteiger partial charge in [-0.25, -0.2) is 4.79 Å². The number of primary amides is 1. The lowest BCUT2D eigenvalue weighted by molar-refractivity contribution is -0.143. The second-order valence-corrected chi connectivity index (χ2v) is 5.25. The number of carbonyl (C=O) groups is 4. The van der Waals surface area contributed by atoms with E-state index in [0.717, 1.165) is 0 Å². The van der Waals surface area contributed by atoms with Gasteiger partial charge in [0.05, 0.1) is 0 Å². The smallest absolute Gasteiger partial charge is 0.326 e. The monoisotopic (exact) mass is 316 g/mol. The lowest BCUT2D eigenvalue weighted by Crippen LogP contribution is -2.56.